The van der Waals surface area contributed by atoms with E-state index in [1.165, 1.54) is 31.2 Å². The number of nitrogens with zero attached hydrogens (tertiary/aromatic N) is 3. The number of aryl methyl sites for hydroxylation is 2. The molecule has 0 bridgehead atoms. The molecule has 1 aromatic heterocycles. The van der Waals surface area contributed by atoms with Crippen molar-refractivity contribution in [2.75, 3.05) is 32.7 Å². The molecule has 3 aliphatic rings. The van der Waals surface area contributed by atoms with Gasteiger partial charge < -0.3 is 15.1 Å². The minimum absolute atomic E-state index is 0.0511. The molecular weight excluding hydrogens is 448 g/mol. The van der Waals surface area contributed by atoms with Crippen molar-refractivity contribution < 1.29 is 9.59 Å². The van der Waals surface area contributed by atoms with Crippen LogP contribution in [0, 0.1) is 31.6 Å². The Morgan fingerprint density at radius 3 is 2.36 bits per heavy atom. The average Bonchev–Trinajstić information content (AvgIpc) is 3.59. The summed E-state index contributed by atoms with van der Waals surface area (Å²) < 4.78 is 0. The van der Waals surface area contributed by atoms with Crippen LogP contribution in [0.1, 0.15) is 71.7 Å². The minimum atomic E-state index is 0.0511. The van der Waals surface area contributed by atoms with E-state index in [0.29, 0.717) is 24.2 Å². The van der Waals surface area contributed by atoms with Crippen LogP contribution in [0.25, 0.3) is 0 Å². The number of benzene rings is 1. The predicted molar refractivity (Wildman–Crippen MR) is 142 cm³/mol. The fourth-order valence-corrected chi connectivity index (χ4v) is 6.66. The molecular formula is C30H40N4O2. The number of amides is 2. The maximum Gasteiger partial charge on any atom is 0.255 e. The summed E-state index contributed by atoms with van der Waals surface area (Å²) in [6.45, 7) is 8.59. The summed E-state index contributed by atoms with van der Waals surface area (Å²) in [5.41, 5.74) is 3.79. The fraction of sp³-hybridized carbons (Fsp3) is 0.567. The molecule has 5 rings (SSSR count). The Morgan fingerprint density at radius 1 is 1.00 bits per heavy atom. The molecule has 3 fully saturated rings. The third-order valence-electron chi connectivity index (χ3n) is 8.63. The number of pyridine rings is 1. The lowest BCUT2D eigenvalue weighted by Gasteiger charge is -2.25. The van der Waals surface area contributed by atoms with E-state index in [-0.39, 0.29) is 17.9 Å². The first-order chi connectivity index (χ1) is 17.5. The van der Waals surface area contributed by atoms with Gasteiger partial charge in [-0.2, -0.15) is 0 Å². The normalized spacial score (nSPS) is 23.1. The van der Waals surface area contributed by atoms with Gasteiger partial charge in [-0.05, 0) is 68.1 Å². The molecule has 1 saturated carbocycles. The Labute approximate surface area is 215 Å². The van der Waals surface area contributed by atoms with Gasteiger partial charge in [0.15, 0.2) is 0 Å². The average molecular weight is 489 g/mol. The molecule has 2 saturated heterocycles. The van der Waals surface area contributed by atoms with E-state index in [2.05, 4.69) is 39.5 Å². The van der Waals surface area contributed by atoms with Gasteiger partial charge in [0.1, 0.15) is 0 Å². The van der Waals surface area contributed by atoms with E-state index in [4.69, 9.17) is 0 Å². The highest BCUT2D eigenvalue weighted by atomic mass is 16.2. The molecule has 2 amide bonds. The van der Waals surface area contributed by atoms with E-state index in [9.17, 15) is 9.59 Å². The largest absolute Gasteiger partial charge is 0.349 e. The Kier molecular flexibility index (Phi) is 7.70. The first-order valence-electron chi connectivity index (χ1n) is 13.8. The zero-order valence-corrected chi connectivity index (χ0v) is 21.8. The first kappa shape index (κ1) is 24.9. The SMILES string of the molecule is Cc1ccnc(C)c1C(=O)N1CC2CN(CC[C@H](NC(=O)CC3CCCC3)c3ccccc3)CC2C1. The minimum Gasteiger partial charge on any atom is -0.349 e. The number of rotatable bonds is 8. The van der Waals surface area contributed by atoms with E-state index >= 15 is 0 Å². The van der Waals surface area contributed by atoms with Gasteiger partial charge in [-0.15, -0.1) is 0 Å². The van der Waals surface area contributed by atoms with Crippen molar-refractivity contribution in [1.82, 2.24) is 20.1 Å². The van der Waals surface area contributed by atoms with Crippen LogP contribution >= 0.6 is 0 Å². The van der Waals surface area contributed by atoms with Crippen LogP contribution in [0.3, 0.4) is 0 Å². The van der Waals surface area contributed by atoms with E-state index in [1.807, 2.05) is 30.9 Å². The van der Waals surface area contributed by atoms with Gasteiger partial charge in [0, 0.05) is 45.3 Å². The van der Waals surface area contributed by atoms with Gasteiger partial charge >= 0.3 is 0 Å². The molecule has 0 radical (unpaired) electrons. The lowest BCUT2D eigenvalue weighted by molar-refractivity contribution is -0.122. The molecule has 1 N–H and O–H groups in total. The maximum atomic E-state index is 13.2. The van der Waals surface area contributed by atoms with Crippen LogP contribution in [0.15, 0.2) is 42.6 Å². The van der Waals surface area contributed by atoms with Gasteiger partial charge in [0.25, 0.3) is 5.91 Å². The Morgan fingerprint density at radius 2 is 1.69 bits per heavy atom. The van der Waals surface area contributed by atoms with E-state index in [0.717, 1.165) is 56.0 Å². The van der Waals surface area contributed by atoms with E-state index < -0.39 is 0 Å². The highest BCUT2D eigenvalue weighted by Gasteiger charge is 2.42. The molecule has 192 valence electrons. The smallest absolute Gasteiger partial charge is 0.255 e. The van der Waals surface area contributed by atoms with Crippen molar-refractivity contribution in [3.05, 3.63) is 65.0 Å². The van der Waals surface area contributed by atoms with Crippen LogP contribution in [-0.4, -0.2) is 59.3 Å². The summed E-state index contributed by atoms with van der Waals surface area (Å²) in [5.74, 6) is 1.94. The molecule has 0 spiro atoms. The number of aromatic nitrogens is 1. The van der Waals surface area contributed by atoms with Crippen LogP contribution in [0.4, 0.5) is 0 Å². The number of hydrogen-bond acceptors (Lipinski definition) is 4. The summed E-state index contributed by atoms with van der Waals surface area (Å²) in [6.07, 6.45) is 8.27. The molecule has 36 heavy (non-hydrogen) atoms. The molecule has 2 unspecified atom stereocenters. The van der Waals surface area contributed by atoms with Crippen LogP contribution in [0.5, 0.6) is 0 Å². The lowest BCUT2D eigenvalue weighted by atomic mass is 10.0. The Balaban J connectivity index is 1.15. The summed E-state index contributed by atoms with van der Waals surface area (Å²) in [6, 6.07) is 12.4. The first-order valence-corrected chi connectivity index (χ1v) is 13.8. The number of fused-ring (bicyclic) bond motifs is 1. The van der Waals surface area contributed by atoms with Crippen LogP contribution in [0.2, 0.25) is 0 Å². The van der Waals surface area contributed by atoms with Crippen molar-refractivity contribution in [2.24, 2.45) is 17.8 Å². The molecule has 3 heterocycles. The summed E-state index contributed by atoms with van der Waals surface area (Å²) in [4.78, 5) is 35.0. The number of hydrogen-bond donors (Lipinski definition) is 1. The Bertz CT molecular complexity index is 1030. The van der Waals surface area contributed by atoms with Crippen LogP contribution in [-0.2, 0) is 4.79 Å². The molecule has 3 atom stereocenters. The fourth-order valence-electron chi connectivity index (χ4n) is 6.66. The second kappa shape index (κ2) is 11.1. The Hall–Kier alpha value is -2.73. The second-order valence-corrected chi connectivity index (χ2v) is 11.3. The molecule has 2 aromatic rings. The maximum absolute atomic E-state index is 13.2. The van der Waals surface area contributed by atoms with Gasteiger partial charge in [0.05, 0.1) is 17.3 Å². The molecule has 6 nitrogen and oxygen atoms in total. The number of likely N-dealkylation sites (tertiary alicyclic amines) is 2. The molecule has 6 heteroatoms. The van der Waals surface area contributed by atoms with Crippen molar-refractivity contribution >= 4 is 11.8 Å². The molecule has 2 aliphatic heterocycles. The third-order valence-corrected chi connectivity index (χ3v) is 8.63. The van der Waals surface area contributed by atoms with Gasteiger partial charge in [-0.3, -0.25) is 14.6 Å². The van der Waals surface area contributed by atoms with Crippen molar-refractivity contribution in [3.8, 4) is 0 Å². The topological polar surface area (TPSA) is 65.5 Å². The zero-order valence-electron chi connectivity index (χ0n) is 21.8. The zero-order chi connectivity index (χ0) is 25.1. The van der Waals surface area contributed by atoms with Crippen LogP contribution < -0.4 is 5.32 Å². The van der Waals surface area contributed by atoms with Crippen molar-refractivity contribution in [3.63, 3.8) is 0 Å². The molecule has 1 aliphatic carbocycles. The predicted octanol–water partition coefficient (Wildman–Crippen LogP) is 4.53. The number of carbonyl (C=O) groups excluding carboxylic acids is 2. The highest BCUT2D eigenvalue weighted by molar-refractivity contribution is 5.96. The number of nitrogens with one attached hydrogen (secondary N) is 1. The summed E-state index contributed by atoms with van der Waals surface area (Å²) in [7, 11) is 0. The second-order valence-electron chi connectivity index (χ2n) is 11.3. The van der Waals surface area contributed by atoms with Gasteiger partial charge in [-0.25, -0.2) is 0 Å². The summed E-state index contributed by atoms with van der Waals surface area (Å²) in [5, 5.41) is 3.36. The number of carbonyl (C=O) groups is 2. The van der Waals surface area contributed by atoms with E-state index in [1.54, 1.807) is 6.20 Å². The van der Waals surface area contributed by atoms with Crippen molar-refractivity contribution in [2.45, 2.75) is 58.4 Å². The van der Waals surface area contributed by atoms with Crippen molar-refractivity contribution in [1.29, 1.82) is 0 Å². The van der Waals surface area contributed by atoms with Gasteiger partial charge in [-0.1, -0.05) is 43.2 Å². The summed E-state index contributed by atoms with van der Waals surface area (Å²) >= 11 is 0. The standard InChI is InChI=1S/C30H40N4O2/c1-21-12-14-31-22(2)29(21)30(36)34-19-25-17-33(18-26(25)20-34)15-13-27(24-10-4-3-5-11-24)32-28(35)16-23-8-6-7-9-23/h3-5,10-12,14,23,25-27H,6-9,13,15-20H2,1-2H3,(H,32,35)/t25?,26?,27-/m0/s1. The lowest BCUT2D eigenvalue weighted by Crippen LogP contribution is -2.36. The highest BCUT2D eigenvalue weighted by Crippen LogP contribution is 2.33. The monoisotopic (exact) mass is 488 g/mol. The quantitative estimate of drug-likeness (QED) is 0.593. The third kappa shape index (κ3) is 5.64. The molecule has 1 aromatic carbocycles. The van der Waals surface area contributed by atoms with Gasteiger partial charge in [0.2, 0.25) is 5.91 Å².